The fraction of sp³-hybridized carbons (Fsp3) is 0. The minimum absolute atomic E-state index is 0.160. The van der Waals surface area contributed by atoms with Crippen LogP contribution in [0.2, 0.25) is 0 Å². The molecule has 5 heteroatoms. The van der Waals surface area contributed by atoms with Crippen LogP contribution >= 0.6 is 0 Å². The number of amides is 1. The van der Waals surface area contributed by atoms with Crippen molar-refractivity contribution in [2.24, 2.45) is 0 Å². The second kappa shape index (κ2) is 4.61. The maximum atomic E-state index is 12.9. The lowest BCUT2D eigenvalue weighted by atomic mass is 10.2. The fourth-order valence-corrected chi connectivity index (χ4v) is 1.36. The number of nitrogens with one attached hydrogen (secondary N) is 1. The smallest absolute Gasteiger partial charge is 0.257 e. The van der Waals surface area contributed by atoms with Crippen molar-refractivity contribution in [2.75, 3.05) is 11.1 Å². The molecule has 2 aromatic rings. The number of nitrogens with zero attached hydrogens (tertiary/aromatic N) is 1. The van der Waals surface area contributed by atoms with E-state index in [1.807, 2.05) is 0 Å². The summed E-state index contributed by atoms with van der Waals surface area (Å²) >= 11 is 0. The number of hydrogen-bond acceptors (Lipinski definition) is 3. The topological polar surface area (TPSA) is 68.0 Å². The van der Waals surface area contributed by atoms with Gasteiger partial charge in [0.2, 0.25) is 0 Å². The normalized spacial score (nSPS) is 9.94. The number of aromatic nitrogens is 1. The van der Waals surface area contributed by atoms with Gasteiger partial charge >= 0.3 is 0 Å². The van der Waals surface area contributed by atoms with Gasteiger partial charge in [0.05, 0.1) is 11.8 Å². The van der Waals surface area contributed by atoms with Crippen LogP contribution < -0.4 is 11.1 Å². The summed E-state index contributed by atoms with van der Waals surface area (Å²) in [6, 6.07) is 7.86. The molecule has 0 atom stereocenters. The summed E-state index contributed by atoms with van der Waals surface area (Å²) in [5.41, 5.74) is 6.83. The second-order valence-corrected chi connectivity index (χ2v) is 3.47. The Hall–Kier alpha value is -2.43. The summed E-state index contributed by atoms with van der Waals surface area (Å²) in [4.78, 5) is 15.3. The molecular formula is C12H10FN3O. The van der Waals surface area contributed by atoms with Crippen LogP contribution in [-0.2, 0) is 0 Å². The summed E-state index contributed by atoms with van der Waals surface area (Å²) in [5.74, 6) is -0.979. The van der Waals surface area contributed by atoms with Crippen molar-refractivity contribution in [2.45, 2.75) is 0 Å². The zero-order valence-electron chi connectivity index (χ0n) is 8.85. The SMILES string of the molecule is Nc1cccc(NC(=O)c2cncc(F)c2)c1. The number of benzene rings is 1. The molecule has 2 rings (SSSR count). The molecule has 0 saturated heterocycles. The van der Waals surface area contributed by atoms with Crippen LogP contribution in [0.3, 0.4) is 0 Å². The maximum Gasteiger partial charge on any atom is 0.257 e. The molecule has 0 spiro atoms. The first-order chi connectivity index (χ1) is 8.15. The Morgan fingerprint density at radius 1 is 1.29 bits per heavy atom. The number of carbonyl (C=O) groups excluding carboxylic acids is 1. The molecule has 0 unspecified atom stereocenters. The molecule has 0 aliphatic carbocycles. The van der Waals surface area contributed by atoms with Gasteiger partial charge in [-0.05, 0) is 24.3 Å². The van der Waals surface area contributed by atoms with E-state index in [1.165, 1.54) is 6.20 Å². The van der Waals surface area contributed by atoms with Crippen molar-refractivity contribution < 1.29 is 9.18 Å². The van der Waals surface area contributed by atoms with E-state index in [4.69, 9.17) is 5.73 Å². The van der Waals surface area contributed by atoms with Gasteiger partial charge in [0.15, 0.2) is 0 Å². The third kappa shape index (κ3) is 2.78. The lowest BCUT2D eigenvalue weighted by molar-refractivity contribution is 0.102. The van der Waals surface area contributed by atoms with Gasteiger partial charge in [0, 0.05) is 17.6 Å². The predicted molar refractivity (Wildman–Crippen MR) is 63.0 cm³/mol. The summed E-state index contributed by atoms with van der Waals surface area (Å²) in [6.07, 6.45) is 2.34. The van der Waals surface area contributed by atoms with Gasteiger partial charge in [0.1, 0.15) is 5.82 Å². The first kappa shape index (κ1) is 11.1. The molecule has 1 aromatic heterocycles. The van der Waals surface area contributed by atoms with Crippen molar-refractivity contribution >= 4 is 17.3 Å². The lowest BCUT2D eigenvalue weighted by Gasteiger charge is -2.05. The van der Waals surface area contributed by atoms with Crippen LogP contribution in [0, 0.1) is 5.82 Å². The highest BCUT2D eigenvalue weighted by molar-refractivity contribution is 6.04. The molecule has 0 fully saturated rings. The average Bonchev–Trinajstić information content (AvgIpc) is 2.29. The number of anilines is 2. The van der Waals surface area contributed by atoms with Crippen molar-refractivity contribution in [1.29, 1.82) is 0 Å². The number of pyridine rings is 1. The van der Waals surface area contributed by atoms with Crippen molar-refractivity contribution in [3.8, 4) is 0 Å². The van der Waals surface area contributed by atoms with Crippen LogP contribution in [0.4, 0.5) is 15.8 Å². The number of nitrogen functional groups attached to an aromatic ring is 1. The van der Waals surface area contributed by atoms with Crippen molar-refractivity contribution in [3.63, 3.8) is 0 Å². The first-order valence-electron chi connectivity index (χ1n) is 4.92. The Balaban J connectivity index is 2.17. The van der Waals surface area contributed by atoms with Crippen LogP contribution in [-0.4, -0.2) is 10.9 Å². The third-order valence-corrected chi connectivity index (χ3v) is 2.11. The Bertz CT molecular complexity index is 557. The molecule has 0 aliphatic rings. The molecular weight excluding hydrogens is 221 g/mol. The predicted octanol–water partition coefficient (Wildman–Crippen LogP) is 2.06. The van der Waals surface area contributed by atoms with Crippen LogP contribution in [0.5, 0.6) is 0 Å². The molecule has 4 nitrogen and oxygen atoms in total. The summed E-state index contributed by atoms with van der Waals surface area (Å²) < 4.78 is 12.9. The van der Waals surface area contributed by atoms with E-state index >= 15 is 0 Å². The molecule has 0 saturated carbocycles. The van der Waals surface area contributed by atoms with Crippen LogP contribution in [0.15, 0.2) is 42.7 Å². The number of rotatable bonds is 2. The Morgan fingerprint density at radius 2 is 2.12 bits per heavy atom. The Kier molecular flexibility index (Phi) is 3.00. The molecule has 0 bridgehead atoms. The van der Waals surface area contributed by atoms with E-state index in [9.17, 15) is 9.18 Å². The van der Waals surface area contributed by atoms with Gasteiger partial charge in [-0.2, -0.15) is 0 Å². The summed E-state index contributed by atoms with van der Waals surface area (Å²) in [5, 5.41) is 2.60. The number of nitrogens with two attached hydrogens (primary N) is 1. The highest BCUT2D eigenvalue weighted by atomic mass is 19.1. The van der Waals surface area contributed by atoms with E-state index in [0.29, 0.717) is 11.4 Å². The van der Waals surface area contributed by atoms with Gasteiger partial charge < -0.3 is 11.1 Å². The summed E-state index contributed by atoms with van der Waals surface area (Å²) in [6.45, 7) is 0. The number of halogens is 1. The lowest BCUT2D eigenvalue weighted by Crippen LogP contribution is -2.12. The third-order valence-electron chi connectivity index (χ3n) is 2.11. The summed E-state index contributed by atoms with van der Waals surface area (Å²) in [7, 11) is 0. The van der Waals surface area contributed by atoms with E-state index in [0.717, 1.165) is 12.3 Å². The average molecular weight is 231 g/mol. The molecule has 86 valence electrons. The van der Waals surface area contributed by atoms with Gasteiger partial charge in [-0.1, -0.05) is 6.07 Å². The monoisotopic (exact) mass is 231 g/mol. The molecule has 1 aromatic carbocycles. The highest BCUT2D eigenvalue weighted by Crippen LogP contribution is 2.13. The quantitative estimate of drug-likeness (QED) is 0.777. The molecule has 0 radical (unpaired) electrons. The van der Waals surface area contributed by atoms with E-state index in [-0.39, 0.29) is 5.56 Å². The molecule has 17 heavy (non-hydrogen) atoms. The minimum Gasteiger partial charge on any atom is -0.399 e. The van der Waals surface area contributed by atoms with Gasteiger partial charge in [-0.3, -0.25) is 9.78 Å². The maximum absolute atomic E-state index is 12.9. The molecule has 1 amide bonds. The number of carbonyl (C=O) groups is 1. The number of hydrogen-bond donors (Lipinski definition) is 2. The second-order valence-electron chi connectivity index (χ2n) is 3.47. The Morgan fingerprint density at radius 3 is 2.82 bits per heavy atom. The zero-order valence-corrected chi connectivity index (χ0v) is 8.85. The fourth-order valence-electron chi connectivity index (χ4n) is 1.36. The van der Waals surface area contributed by atoms with Crippen LogP contribution in [0.1, 0.15) is 10.4 Å². The van der Waals surface area contributed by atoms with Crippen LogP contribution in [0.25, 0.3) is 0 Å². The van der Waals surface area contributed by atoms with Crippen molar-refractivity contribution in [3.05, 3.63) is 54.1 Å². The van der Waals surface area contributed by atoms with E-state index in [2.05, 4.69) is 10.3 Å². The van der Waals surface area contributed by atoms with Gasteiger partial charge in [-0.15, -0.1) is 0 Å². The van der Waals surface area contributed by atoms with E-state index in [1.54, 1.807) is 24.3 Å². The van der Waals surface area contributed by atoms with Gasteiger partial charge in [0.25, 0.3) is 5.91 Å². The largest absolute Gasteiger partial charge is 0.399 e. The first-order valence-corrected chi connectivity index (χ1v) is 4.92. The van der Waals surface area contributed by atoms with Crippen molar-refractivity contribution in [1.82, 2.24) is 4.98 Å². The minimum atomic E-state index is -0.551. The zero-order chi connectivity index (χ0) is 12.3. The van der Waals surface area contributed by atoms with Gasteiger partial charge in [-0.25, -0.2) is 4.39 Å². The van der Waals surface area contributed by atoms with E-state index < -0.39 is 11.7 Å². The molecule has 0 aliphatic heterocycles. The highest BCUT2D eigenvalue weighted by Gasteiger charge is 2.07. The molecule has 1 heterocycles. The standard InChI is InChI=1S/C12H10FN3O/c13-9-4-8(6-15-7-9)12(17)16-11-3-1-2-10(14)5-11/h1-7H,14H2,(H,16,17). The molecule has 3 N–H and O–H groups in total. The Labute approximate surface area is 97.3 Å².